The number of aromatic nitrogens is 2. The van der Waals surface area contributed by atoms with Crippen LogP contribution in [0.3, 0.4) is 0 Å². The number of nitrogens with one attached hydrogen (secondary N) is 1. The van der Waals surface area contributed by atoms with Gasteiger partial charge in [0.15, 0.2) is 0 Å². The summed E-state index contributed by atoms with van der Waals surface area (Å²) in [6.07, 6.45) is 5.72. The summed E-state index contributed by atoms with van der Waals surface area (Å²) in [5.41, 5.74) is 5.22. The smallest absolute Gasteiger partial charge is 0.311 e. The van der Waals surface area contributed by atoms with E-state index in [1.54, 1.807) is 18.5 Å². The Labute approximate surface area is 185 Å². The van der Waals surface area contributed by atoms with Crippen LogP contribution < -0.4 is 14.9 Å². The van der Waals surface area contributed by atoms with E-state index in [-0.39, 0.29) is 12.4 Å². The molecule has 0 aliphatic carbocycles. The molecule has 0 atom stereocenters. The fourth-order valence-corrected chi connectivity index (χ4v) is 3.57. The van der Waals surface area contributed by atoms with Crippen LogP contribution in [-0.4, -0.2) is 41.6 Å². The van der Waals surface area contributed by atoms with Crippen molar-refractivity contribution in [3.8, 4) is 17.2 Å². The summed E-state index contributed by atoms with van der Waals surface area (Å²) in [5, 5.41) is 6.67. The lowest BCUT2D eigenvalue weighted by molar-refractivity contribution is -0.142. The zero-order valence-corrected chi connectivity index (χ0v) is 18.6. The summed E-state index contributed by atoms with van der Waals surface area (Å²) in [7, 11) is 0. The van der Waals surface area contributed by atoms with Crippen molar-refractivity contribution in [1.82, 2.24) is 9.55 Å². The standard InChI is InChI=1S/C22H26N4O4S/c1-4-28-18-11-16(12-19(29-5-2)21(18)26-9-7-8-10-26)14-23-25-22-24-17(15-31-22)13-20(27)30-6-3/h7-12,14-15H,4-6,13H2,1-3H3,(H,24,25). The number of nitrogens with zero attached hydrogens (tertiary/aromatic N) is 3. The van der Waals surface area contributed by atoms with E-state index in [0.29, 0.717) is 42.1 Å². The number of carbonyl (C=O) groups excluding carboxylic acids is 1. The number of hydrogen-bond acceptors (Lipinski definition) is 8. The first-order valence-corrected chi connectivity index (χ1v) is 11.0. The molecule has 9 heteroatoms. The van der Waals surface area contributed by atoms with Crippen molar-refractivity contribution in [2.45, 2.75) is 27.2 Å². The lowest BCUT2D eigenvalue weighted by atomic mass is 10.1. The van der Waals surface area contributed by atoms with E-state index in [1.165, 1.54) is 11.3 Å². The quantitative estimate of drug-likeness (QED) is 0.271. The number of hydrogen-bond donors (Lipinski definition) is 1. The lowest BCUT2D eigenvalue weighted by Crippen LogP contribution is -2.07. The van der Waals surface area contributed by atoms with Crippen molar-refractivity contribution in [2.75, 3.05) is 25.2 Å². The van der Waals surface area contributed by atoms with Crippen molar-refractivity contribution in [3.05, 3.63) is 53.3 Å². The van der Waals surface area contributed by atoms with Crippen LogP contribution >= 0.6 is 11.3 Å². The molecule has 8 nitrogen and oxygen atoms in total. The highest BCUT2D eigenvalue weighted by Crippen LogP contribution is 2.34. The molecule has 0 saturated carbocycles. The van der Waals surface area contributed by atoms with Crippen LogP contribution in [0.5, 0.6) is 11.5 Å². The molecule has 164 valence electrons. The molecule has 0 amide bonds. The van der Waals surface area contributed by atoms with Crippen LogP contribution in [0, 0.1) is 0 Å². The van der Waals surface area contributed by atoms with E-state index >= 15 is 0 Å². The Balaban J connectivity index is 1.77. The van der Waals surface area contributed by atoms with Gasteiger partial charge in [0.25, 0.3) is 0 Å². The van der Waals surface area contributed by atoms with Gasteiger partial charge in [0.2, 0.25) is 5.13 Å². The minimum absolute atomic E-state index is 0.145. The minimum atomic E-state index is -0.294. The molecule has 2 heterocycles. The van der Waals surface area contributed by atoms with E-state index in [9.17, 15) is 4.79 Å². The average Bonchev–Trinajstić information content (AvgIpc) is 3.41. The maximum absolute atomic E-state index is 11.6. The molecule has 0 unspecified atom stereocenters. The highest BCUT2D eigenvalue weighted by molar-refractivity contribution is 7.13. The summed E-state index contributed by atoms with van der Waals surface area (Å²) in [6, 6.07) is 7.74. The second-order valence-electron chi connectivity index (χ2n) is 6.32. The van der Waals surface area contributed by atoms with Gasteiger partial charge < -0.3 is 18.8 Å². The van der Waals surface area contributed by atoms with Gasteiger partial charge in [-0.05, 0) is 45.0 Å². The SMILES string of the molecule is CCOC(=O)Cc1csc(NN=Cc2cc(OCC)c(-n3cccc3)c(OCC)c2)n1. The monoisotopic (exact) mass is 442 g/mol. The lowest BCUT2D eigenvalue weighted by Gasteiger charge is -2.17. The highest BCUT2D eigenvalue weighted by atomic mass is 32.1. The number of ether oxygens (including phenoxy) is 3. The van der Waals surface area contributed by atoms with E-state index in [0.717, 1.165) is 11.3 Å². The molecule has 0 radical (unpaired) electrons. The molecule has 3 aromatic rings. The molecule has 1 aromatic carbocycles. The molecule has 0 saturated heterocycles. The zero-order chi connectivity index (χ0) is 22.1. The first kappa shape index (κ1) is 22.4. The van der Waals surface area contributed by atoms with Crippen molar-refractivity contribution >= 4 is 28.7 Å². The van der Waals surface area contributed by atoms with Crippen LogP contribution in [0.15, 0.2) is 47.1 Å². The van der Waals surface area contributed by atoms with Gasteiger partial charge in [-0.3, -0.25) is 10.2 Å². The summed E-state index contributed by atoms with van der Waals surface area (Å²) in [4.78, 5) is 15.9. The summed E-state index contributed by atoms with van der Waals surface area (Å²) < 4.78 is 18.7. The fourth-order valence-electron chi connectivity index (χ4n) is 2.91. The predicted octanol–water partition coefficient (Wildman–Crippen LogP) is 4.28. The van der Waals surface area contributed by atoms with Crippen LogP contribution in [0.4, 0.5) is 5.13 Å². The fraction of sp³-hybridized carbons (Fsp3) is 0.318. The first-order chi connectivity index (χ1) is 15.1. The zero-order valence-electron chi connectivity index (χ0n) is 17.8. The van der Waals surface area contributed by atoms with Crippen LogP contribution in [0.2, 0.25) is 0 Å². The Morgan fingerprint density at radius 2 is 1.81 bits per heavy atom. The predicted molar refractivity (Wildman–Crippen MR) is 122 cm³/mol. The number of benzene rings is 1. The molecule has 0 bridgehead atoms. The topological polar surface area (TPSA) is 87.0 Å². The molecule has 0 fully saturated rings. The minimum Gasteiger partial charge on any atom is -0.492 e. The Bertz CT molecular complexity index is 987. The Kier molecular flexibility index (Phi) is 8.05. The number of hydrazone groups is 1. The van der Waals surface area contributed by atoms with Crippen LogP contribution in [0.1, 0.15) is 32.0 Å². The summed E-state index contributed by atoms with van der Waals surface area (Å²) in [6.45, 7) is 7.08. The molecular formula is C22H26N4O4S. The van der Waals surface area contributed by atoms with Crippen molar-refractivity contribution < 1.29 is 19.0 Å². The second kappa shape index (κ2) is 11.2. The Hall–Kier alpha value is -3.33. The van der Waals surface area contributed by atoms with Gasteiger partial charge in [-0.15, -0.1) is 11.3 Å². The highest BCUT2D eigenvalue weighted by Gasteiger charge is 2.15. The molecule has 0 aliphatic heterocycles. The van der Waals surface area contributed by atoms with E-state index < -0.39 is 0 Å². The molecule has 1 N–H and O–H groups in total. The summed E-state index contributed by atoms with van der Waals surface area (Å²) >= 11 is 1.37. The molecule has 0 aliphatic rings. The van der Waals surface area contributed by atoms with Gasteiger partial charge in [0, 0.05) is 23.3 Å². The number of thiazole rings is 1. The van der Waals surface area contributed by atoms with E-state index in [4.69, 9.17) is 14.2 Å². The third-order valence-corrected chi connectivity index (χ3v) is 4.88. The van der Waals surface area contributed by atoms with Gasteiger partial charge in [-0.1, -0.05) is 0 Å². The van der Waals surface area contributed by atoms with Gasteiger partial charge in [0.05, 0.1) is 38.1 Å². The number of carbonyl (C=O) groups is 1. The van der Waals surface area contributed by atoms with Gasteiger partial charge in [-0.25, -0.2) is 4.98 Å². The number of esters is 1. The van der Waals surface area contributed by atoms with Crippen LogP contribution in [0.25, 0.3) is 5.69 Å². The van der Waals surface area contributed by atoms with Crippen molar-refractivity contribution in [3.63, 3.8) is 0 Å². The molecule has 2 aromatic heterocycles. The van der Waals surface area contributed by atoms with Crippen molar-refractivity contribution in [2.24, 2.45) is 5.10 Å². The largest absolute Gasteiger partial charge is 0.492 e. The summed E-state index contributed by atoms with van der Waals surface area (Å²) in [5.74, 6) is 1.12. The van der Waals surface area contributed by atoms with Gasteiger partial charge in [0.1, 0.15) is 17.2 Å². The van der Waals surface area contributed by atoms with Crippen molar-refractivity contribution in [1.29, 1.82) is 0 Å². The first-order valence-electron chi connectivity index (χ1n) is 10.1. The third kappa shape index (κ3) is 6.08. The molecule has 31 heavy (non-hydrogen) atoms. The number of anilines is 1. The molecule has 0 spiro atoms. The normalized spacial score (nSPS) is 10.9. The third-order valence-electron chi connectivity index (χ3n) is 4.08. The van der Waals surface area contributed by atoms with Crippen LogP contribution in [-0.2, 0) is 16.0 Å². The Morgan fingerprint density at radius 3 is 2.42 bits per heavy atom. The Morgan fingerprint density at radius 1 is 1.13 bits per heavy atom. The molecular weight excluding hydrogens is 416 g/mol. The average molecular weight is 443 g/mol. The van der Waals surface area contributed by atoms with E-state index in [1.807, 2.05) is 55.1 Å². The maximum atomic E-state index is 11.6. The molecule has 3 rings (SSSR count). The second-order valence-corrected chi connectivity index (χ2v) is 7.18. The van der Waals surface area contributed by atoms with Gasteiger partial charge in [-0.2, -0.15) is 5.10 Å². The maximum Gasteiger partial charge on any atom is 0.311 e. The van der Waals surface area contributed by atoms with E-state index in [2.05, 4.69) is 15.5 Å². The number of rotatable bonds is 11. The van der Waals surface area contributed by atoms with Gasteiger partial charge >= 0.3 is 5.97 Å².